The van der Waals surface area contributed by atoms with E-state index in [4.69, 9.17) is 0 Å². The molecule has 0 saturated carbocycles. The molecule has 1 unspecified atom stereocenters. The van der Waals surface area contributed by atoms with Crippen molar-refractivity contribution in [3.05, 3.63) is 71.3 Å². The van der Waals surface area contributed by atoms with Crippen LogP contribution in [0, 0.1) is 6.92 Å². The van der Waals surface area contributed by atoms with Crippen molar-refractivity contribution in [3.63, 3.8) is 0 Å². The molecule has 0 radical (unpaired) electrons. The summed E-state index contributed by atoms with van der Waals surface area (Å²) in [6, 6.07) is 19.9. The van der Waals surface area contributed by atoms with E-state index in [9.17, 15) is 0 Å². The van der Waals surface area contributed by atoms with Crippen LogP contribution in [0.1, 0.15) is 34.8 Å². The maximum Gasteiger partial charge on any atom is 0.0547 e. The molecular formula is C20H25NS. The van der Waals surface area contributed by atoms with Crippen LogP contribution >= 0.6 is 11.8 Å². The zero-order chi connectivity index (χ0) is 15.2. The Hall–Kier alpha value is -1.25. The fraction of sp³-hybridized carbons (Fsp3) is 0.400. The van der Waals surface area contributed by atoms with Gasteiger partial charge in [-0.3, -0.25) is 0 Å². The largest absolute Gasteiger partial charge is 0.303 e. The molecule has 2 aromatic rings. The van der Waals surface area contributed by atoms with Crippen molar-refractivity contribution in [2.45, 2.75) is 25.0 Å². The number of hydrogen-bond acceptors (Lipinski definition) is 2. The number of thioether (sulfide) groups is 1. The highest BCUT2D eigenvalue weighted by molar-refractivity contribution is 7.99. The Labute approximate surface area is 138 Å². The topological polar surface area (TPSA) is 3.24 Å². The van der Waals surface area contributed by atoms with Gasteiger partial charge in [0.25, 0.3) is 0 Å². The Bertz CT molecular complexity index is 558. The van der Waals surface area contributed by atoms with Crippen LogP contribution < -0.4 is 0 Å². The van der Waals surface area contributed by atoms with Crippen LogP contribution in [0.4, 0.5) is 0 Å². The summed E-state index contributed by atoms with van der Waals surface area (Å²) in [5, 5.41) is 0.449. The van der Waals surface area contributed by atoms with E-state index in [-0.39, 0.29) is 0 Å². The van der Waals surface area contributed by atoms with Crippen LogP contribution in [0.25, 0.3) is 0 Å². The van der Waals surface area contributed by atoms with E-state index in [2.05, 4.69) is 78.2 Å². The van der Waals surface area contributed by atoms with Gasteiger partial charge in [0.15, 0.2) is 0 Å². The van der Waals surface area contributed by atoms with Crippen molar-refractivity contribution in [3.8, 4) is 0 Å². The maximum atomic E-state index is 2.60. The number of benzene rings is 2. The summed E-state index contributed by atoms with van der Waals surface area (Å²) in [4.78, 5) is 2.60. The standard InChI is InChI=1S/C20H25NS/c1-17-9-11-19(12-10-17)20(18-7-3-2-4-8-18)22-16-15-21-13-5-6-14-21/h2-4,7-12,20H,5-6,13-16H2,1H3. The van der Waals surface area contributed by atoms with E-state index in [1.165, 1.54) is 54.9 Å². The van der Waals surface area contributed by atoms with E-state index < -0.39 is 0 Å². The van der Waals surface area contributed by atoms with Gasteiger partial charge in [0.2, 0.25) is 0 Å². The molecular weight excluding hydrogens is 286 g/mol. The third kappa shape index (κ3) is 4.15. The van der Waals surface area contributed by atoms with Gasteiger partial charge in [-0.1, -0.05) is 60.2 Å². The van der Waals surface area contributed by atoms with Crippen molar-refractivity contribution in [2.75, 3.05) is 25.4 Å². The summed E-state index contributed by atoms with van der Waals surface area (Å²) >= 11 is 2.08. The quantitative estimate of drug-likeness (QED) is 0.745. The molecule has 2 heteroatoms. The minimum Gasteiger partial charge on any atom is -0.303 e. The normalized spacial score (nSPS) is 16.8. The first-order valence-corrected chi connectivity index (χ1v) is 9.33. The van der Waals surface area contributed by atoms with Crippen molar-refractivity contribution < 1.29 is 0 Å². The first-order valence-electron chi connectivity index (χ1n) is 8.28. The Morgan fingerprint density at radius 3 is 2.23 bits per heavy atom. The Morgan fingerprint density at radius 1 is 0.909 bits per heavy atom. The highest BCUT2D eigenvalue weighted by Gasteiger charge is 2.16. The van der Waals surface area contributed by atoms with Gasteiger partial charge in [-0.2, -0.15) is 0 Å². The van der Waals surface area contributed by atoms with Gasteiger partial charge in [-0.15, -0.1) is 11.8 Å². The van der Waals surface area contributed by atoms with Gasteiger partial charge >= 0.3 is 0 Å². The molecule has 0 aliphatic carbocycles. The fourth-order valence-electron chi connectivity index (χ4n) is 3.06. The molecule has 1 atom stereocenters. The summed E-state index contributed by atoms with van der Waals surface area (Å²) in [5.41, 5.74) is 4.17. The van der Waals surface area contributed by atoms with Gasteiger partial charge in [0, 0.05) is 12.3 Å². The molecule has 1 fully saturated rings. The van der Waals surface area contributed by atoms with E-state index >= 15 is 0 Å². The predicted octanol–water partition coefficient (Wildman–Crippen LogP) is 4.91. The third-order valence-corrected chi connectivity index (χ3v) is 5.67. The van der Waals surface area contributed by atoms with Gasteiger partial charge in [-0.05, 0) is 44.0 Å². The Morgan fingerprint density at radius 2 is 1.55 bits per heavy atom. The second kappa shape index (κ2) is 7.85. The summed E-state index contributed by atoms with van der Waals surface area (Å²) in [5.74, 6) is 1.20. The van der Waals surface area contributed by atoms with Crippen molar-refractivity contribution in [1.29, 1.82) is 0 Å². The second-order valence-corrected chi connectivity index (χ2v) is 7.33. The number of hydrogen-bond donors (Lipinski definition) is 0. The van der Waals surface area contributed by atoms with Gasteiger partial charge in [0.05, 0.1) is 5.25 Å². The molecule has 1 heterocycles. The lowest BCUT2D eigenvalue weighted by Gasteiger charge is -2.20. The van der Waals surface area contributed by atoms with Gasteiger partial charge in [0.1, 0.15) is 0 Å². The van der Waals surface area contributed by atoms with E-state index in [0.717, 1.165) is 0 Å². The molecule has 2 aromatic carbocycles. The van der Waals surface area contributed by atoms with Gasteiger partial charge in [-0.25, -0.2) is 0 Å². The summed E-state index contributed by atoms with van der Waals surface area (Å²) in [6.45, 7) is 5.96. The third-order valence-electron chi connectivity index (χ3n) is 4.37. The van der Waals surface area contributed by atoms with E-state index in [1.54, 1.807) is 0 Å². The van der Waals surface area contributed by atoms with Crippen LogP contribution in [-0.2, 0) is 0 Å². The lowest BCUT2D eigenvalue weighted by molar-refractivity contribution is 0.362. The number of aryl methyl sites for hydroxylation is 1. The second-order valence-electron chi connectivity index (χ2n) is 6.12. The fourth-order valence-corrected chi connectivity index (χ4v) is 4.36. The molecule has 3 rings (SSSR count). The number of likely N-dealkylation sites (tertiary alicyclic amines) is 1. The Kier molecular flexibility index (Phi) is 5.58. The zero-order valence-corrected chi connectivity index (χ0v) is 14.2. The number of rotatable bonds is 6. The maximum absolute atomic E-state index is 2.60. The highest BCUT2D eigenvalue weighted by atomic mass is 32.2. The molecule has 1 aliphatic rings. The summed E-state index contributed by atoms with van der Waals surface area (Å²) < 4.78 is 0. The molecule has 22 heavy (non-hydrogen) atoms. The first-order chi connectivity index (χ1) is 10.8. The highest BCUT2D eigenvalue weighted by Crippen LogP contribution is 2.35. The zero-order valence-electron chi connectivity index (χ0n) is 13.4. The molecule has 0 bridgehead atoms. The minimum absolute atomic E-state index is 0.449. The molecule has 1 nitrogen and oxygen atoms in total. The van der Waals surface area contributed by atoms with Crippen LogP contribution in [0.15, 0.2) is 54.6 Å². The van der Waals surface area contributed by atoms with E-state index in [1.807, 2.05) is 0 Å². The van der Waals surface area contributed by atoms with Crippen LogP contribution in [0.2, 0.25) is 0 Å². The van der Waals surface area contributed by atoms with Crippen LogP contribution in [0.5, 0.6) is 0 Å². The van der Waals surface area contributed by atoms with Crippen molar-refractivity contribution >= 4 is 11.8 Å². The lowest BCUT2D eigenvalue weighted by Crippen LogP contribution is -2.22. The van der Waals surface area contributed by atoms with Crippen molar-refractivity contribution in [1.82, 2.24) is 4.90 Å². The summed E-state index contributed by atoms with van der Waals surface area (Å²) in [6.07, 6.45) is 2.76. The molecule has 116 valence electrons. The molecule has 0 N–H and O–H groups in total. The first kappa shape index (κ1) is 15.6. The summed E-state index contributed by atoms with van der Waals surface area (Å²) in [7, 11) is 0. The van der Waals surface area contributed by atoms with Crippen molar-refractivity contribution in [2.24, 2.45) is 0 Å². The molecule has 0 amide bonds. The SMILES string of the molecule is Cc1ccc(C(SCCN2CCCC2)c2ccccc2)cc1. The smallest absolute Gasteiger partial charge is 0.0547 e. The molecule has 0 aromatic heterocycles. The van der Waals surface area contributed by atoms with Crippen LogP contribution in [0.3, 0.4) is 0 Å². The van der Waals surface area contributed by atoms with Crippen LogP contribution in [-0.4, -0.2) is 30.3 Å². The van der Waals surface area contributed by atoms with E-state index in [0.29, 0.717) is 5.25 Å². The molecule has 1 aliphatic heterocycles. The average Bonchev–Trinajstić information content (AvgIpc) is 3.07. The molecule has 1 saturated heterocycles. The predicted molar refractivity (Wildman–Crippen MR) is 97.6 cm³/mol. The Balaban J connectivity index is 1.70. The lowest BCUT2D eigenvalue weighted by atomic mass is 10.0. The number of nitrogens with zero attached hydrogens (tertiary/aromatic N) is 1. The minimum atomic E-state index is 0.449. The van der Waals surface area contributed by atoms with Gasteiger partial charge < -0.3 is 4.90 Å². The monoisotopic (exact) mass is 311 g/mol. The average molecular weight is 311 g/mol. The molecule has 0 spiro atoms.